The van der Waals surface area contributed by atoms with Gasteiger partial charge in [-0.25, -0.2) is 8.42 Å². The molecule has 0 aliphatic heterocycles. The molecule has 1 amide bonds. The molecule has 0 aliphatic rings. The molecule has 0 fully saturated rings. The summed E-state index contributed by atoms with van der Waals surface area (Å²) in [4.78, 5) is 11.1. The van der Waals surface area contributed by atoms with Gasteiger partial charge in [0.1, 0.15) is 0 Å². The van der Waals surface area contributed by atoms with Crippen LogP contribution in [0.25, 0.3) is 0 Å². The highest BCUT2D eigenvalue weighted by Crippen LogP contribution is 2.21. The number of hydrogen-bond donors (Lipinski definition) is 1. The number of benzene rings is 1. The zero-order chi connectivity index (χ0) is 16.1. The number of halogens is 4. The summed E-state index contributed by atoms with van der Waals surface area (Å²) < 4.78 is 57.7. The van der Waals surface area contributed by atoms with Crippen molar-refractivity contribution >= 4 is 25.6 Å². The maximum Gasteiger partial charge on any atom is 0.389 e. The van der Waals surface area contributed by atoms with E-state index in [-0.39, 0.29) is 11.4 Å². The Morgan fingerprint density at radius 2 is 1.76 bits per heavy atom. The highest BCUT2D eigenvalue weighted by atomic mass is 35.7. The van der Waals surface area contributed by atoms with Crippen molar-refractivity contribution in [3.05, 3.63) is 29.8 Å². The number of amides is 1. The molecule has 0 radical (unpaired) electrons. The number of carbonyl (C=O) groups is 1. The van der Waals surface area contributed by atoms with Crippen molar-refractivity contribution in [1.29, 1.82) is 0 Å². The maximum atomic E-state index is 11.9. The first kappa shape index (κ1) is 17.8. The van der Waals surface area contributed by atoms with E-state index in [1.54, 1.807) is 0 Å². The van der Waals surface area contributed by atoms with Gasteiger partial charge in [0.25, 0.3) is 9.05 Å². The third kappa shape index (κ3) is 7.33. The Kier molecular flexibility index (Phi) is 6.03. The molecule has 0 aliphatic carbocycles. The topological polar surface area (TPSA) is 63.2 Å². The first-order valence-electron chi connectivity index (χ1n) is 5.95. The largest absolute Gasteiger partial charge is 0.389 e. The summed E-state index contributed by atoms with van der Waals surface area (Å²) >= 11 is 0. The van der Waals surface area contributed by atoms with Crippen molar-refractivity contribution in [3.63, 3.8) is 0 Å². The molecule has 4 nitrogen and oxygen atoms in total. The number of rotatable bonds is 6. The van der Waals surface area contributed by atoms with Crippen molar-refractivity contribution in [1.82, 2.24) is 5.32 Å². The van der Waals surface area contributed by atoms with Gasteiger partial charge in [-0.3, -0.25) is 4.79 Å². The molecule has 0 spiro atoms. The van der Waals surface area contributed by atoms with Crippen LogP contribution in [0.15, 0.2) is 29.2 Å². The average Bonchev–Trinajstić information content (AvgIpc) is 2.35. The fraction of sp³-hybridized carbons (Fsp3) is 0.417. The van der Waals surface area contributed by atoms with Gasteiger partial charge in [0, 0.05) is 23.6 Å². The summed E-state index contributed by atoms with van der Waals surface area (Å²) in [5.41, 5.74) is 0.732. The first-order valence-corrected chi connectivity index (χ1v) is 8.26. The summed E-state index contributed by atoms with van der Waals surface area (Å²) in [5, 5.41) is 2.37. The maximum absolute atomic E-state index is 11.9. The lowest BCUT2D eigenvalue weighted by Gasteiger charge is -2.07. The van der Waals surface area contributed by atoms with Gasteiger partial charge in [0.15, 0.2) is 0 Å². The SMILES string of the molecule is O=C(CCC(F)(F)F)NCCc1ccc(S(=O)(=O)Cl)cc1. The minimum absolute atomic E-state index is 0.0397. The van der Waals surface area contributed by atoms with Gasteiger partial charge >= 0.3 is 6.18 Å². The fourth-order valence-electron chi connectivity index (χ4n) is 1.51. The van der Waals surface area contributed by atoms with Crippen LogP contribution in [-0.4, -0.2) is 27.0 Å². The predicted molar refractivity (Wildman–Crippen MR) is 71.5 cm³/mol. The van der Waals surface area contributed by atoms with Gasteiger partial charge < -0.3 is 5.32 Å². The molecule has 0 saturated carbocycles. The third-order valence-electron chi connectivity index (χ3n) is 2.58. The number of nitrogens with one attached hydrogen (secondary N) is 1. The van der Waals surface area contributed by atoms with Crippen molar-refractivity contribution in [3.8, 4) is 0 Å². The Labute approximate surface area is 124 Å². The Morgan fingerprint density at radius 1 is 1.19 bits per heavy atom. The highest BCUT2D eigenvalue weighted by molar-refractivity contribution is 8.13. The van der Waals surface area contributed by atoms with E-state index in [9.17, 15) is 26.4 Å². The van der Waals surface area contributed by atoms with E-state index in [2.05, 4.69) is 5.32 Å². The van der Waals surface area contributed by atoms with Crippen LogP contribution >= 0.6 is 10.7 Å². The lowest BCUT2D eigenvalue weighted by molar-refractivity contribution is -0.144. The van der Waals surface area contributed by atoms with E-state index in [1.165, 1.54) is 24.3 Å². The molecule has 0 bridgehead atoms. The average molecular weight is 344 g/mol. The molecular formula is C12H13ClF3NO3S. The van der Waals surface area contributed by atoms with Crippen LogP contribution in [0.2, 0.25) is 0 Å². The number of carbonyl (C=O) groups excluding carboxylic acids is 1. The Bertz CT molecular complexity index is 585. The summed E-state index contributed by atoms with van der Waals surface area (Å²) in [6, 6.07) is 5.69. The second-order valence-corrected chi connectivity index (χ2v) is 6.86. The minimum Gasteiger partial charge on any atom is -0.356 e. The first-order chi connectivity index (χ1) is 9.58. The lowest BCUT2D eigenvalue weighted by atomic mass is 10.1. The molecule has 0 aromatic heterocycles. The zero-order valence-electron chi connectivity index (χ0n) is 10.8. The van der Waals surface area contributed by atoms with Crippen molar-refractivity contribution < 1.29 is 26.4 Å². The molecule has 0 heterocycles. The monoisotopic (exact) mass is 343 g/mol. The van der Waals surface area contributed by atoms with Crippen molar-refractivity contribution in [2.45, 2.75) is 30.3 Å². The van der Waals surface area contributed by atoms with Gasteiger partial charge in [0.2, 0.25) is 5.91 Å². The van der Waals surface area contributed by atoms with Crippen LogP contribution in [0.5, 0.6) is 0 Å². The lowest BCUT2D eigenvalue weighted by Crippen LogP contribution is -2.26. The number of alkyl halides is 3. The van der Waals surface area contributed by atoms with Crippen LogP contribution in [0.1, 0.15) is 18.4 Å². The standard InChI is InChI=1S/C12H13ClF3NO3S/c13-21(19,20)10-3-1-9(2-4-10)6-8-17-11(18)5-7-12(14,15)16/h1-4H,5-8H2,(H,17,18). The Balaban J connectivity index is 2.38. The summed E-state index contributed by atoms with van der Waals surface area (Å²) in [6.45, 7) is 0.170. The summed E-state index contributed by atoms with van der Waals surface area (Å²) in [6.07, 6.45) is -5.73. The van der Waals surface area contributed by atoms with Crippen LogP contribution in [-0.2, 0) is 20.3 Å². The zero-order valence-corrected chi connectivity index (χ0v) is 12.4. The minimum atomic E-state index is -4.35. The van der Waals surface area contributed by atoms with Gasteiger partial charge in [-0.05, 0) is 24.1 Å². The third-order valence-corrected chi connectivity index (χ3v) is 3.95. The Morgan fingerprint density at radius 3 is 2.24 bits per heavy atom. The van der Waals surface area contributed by atoms with Gasteiger partial charge in [-0.15, -0.1) is 0 Å². The van der Waals surface area contributed by atoms with Crippen LogP contribution in [0.4, 0.5) is 13.2 Å². The molecule has 118 valence electrons. The summed E-state index contributed by atoms with van der Waals surface area (Å²) in [7, 11) is 1.37. The fourth-order valence-corrected chi connectivity index (χ4v) is 2.28. The molecular weight excluding hydrogens is 331 g/mol. The van der Waals surface area contributed by atoms with Gasteiger partial charge in [0.05, 0.1) is 11.3 Å². The van der Waals surface area contributed by atoms with E-state index >= 15 is 0 Å². The second-order valence-electron chi connectivity index (χ2n) is 4.30. The number of hydrogen-bond acceptors (Lipinski definition) is 3. The van der Waals surface area contributed by atoms with Gasteiger partial charge in [-0.1, -0.05) is 12.1 Å². The second kappa shape index (κ2) is 7.13. The quantitative estimate of drug-likeness (QED) is 0.808. The van der Waals surface area contributed by atoms with Crippen LogP contribution in [0.3, 0.4) is 0 Å². The van der Waals surface area contributed by atoms with E-state index in [0.29, 0.717) is 6.42 Å². The molecule has 0 unspecified atom stereocenters. The summed E-state index contributed by atoms with van der Waals surface area (Å²) in [5.74, 6) is -0.674. The molecule has 1 N–H and O–H groups in total. The predicted octanol–water partition coefficient (Wildman–Crippen LogP) is 2.62. The molecule has 0 atom stereocenters. The molecule has 1 aromatic rings. The van der Waals surface area contributed by atoms with Crippen LogP contribution in [0, 0.1) is 0 Å². The van der Waals surface area contributed by atoms with Gasteiger partial charge in [-0.2, -0.15) is 13.2 Å². The molecule has 9 heteroatoms. The molecule has 1 rings (SSSR count). The Hall–Kier alpha value is -1.28. The molecule has 1 aromatic carbocycles. The van der Waals surface area contributed by atoms with E-state index in [1.807, 2.05) is 0 Å². The molecule has 21 heavy (non-hydrogen) atoms. The van der Waals surface area contributed by atoms with Crippen molar-refractivity contribution in [2.75, 3.05) is 6.54 Å². The van der Waals surface area contributed by atoms with E-state index in [0.717, 1.165) is 5.56 Å². The van der Waals surface area contributed by atoms with E-state index in [4.69, 9.17) is 10.7 Å². The highest BCUT2D eigenvalue weighted by Gasteiger charge is 2.27. The van der Waals surface area contributed by atoms with Crippen molar-refractivity contribution in [2.24, 2.45) is 0 Å². The smallest absolute Gasteiger partial charge is 0.356 e. The molecule has 0 saturated heterocycles. The van der Waals surface area contributed by atoms with E-state index < -0.39 is 34.0 Å². The van der Waals surface area contributed by atoms with Crippen LogP contribution < -0.4 is 5.32 Å². The normalized spacial score (nSPS) is 12.2.